The topological polar surface area (TPSA) is 91.0 Å². The Morgan fingerprint density at radius 3 is 2.15 bits per heavy atom. The number of hydrogen-bond acceptors (Lipinski definition) is 5. The van der Waals surface area contributed by atoms with E-state index in [4.69, 9.17) is 4.43 Å². The quantitative estimate of drug-likeness (QED) is 0.139. The Bertz CT molecular complexity index is 1470. The lowest BCUT2D eigenvalue weighted by molar-refractivity contribution is 0.183. The lowest BCUT2D eigenvalue weighted by Gasteiger charge is -2.36. The zero-order chi connectivity index (χ0) is 33.2. The summed E-state index contributed by atoms with van der Waals surface area (Å²) < 4.78 is 34.5. The molecule has 10 heteroatoms. The number of carbonyl (C=O) groups is 1. The van der Waals surface area contributed by atoms with Crippen molar-refractivity contribution in [2.75, 3.05) is 49.5 Å². The molecule has 0 aromatic heterocycles. The Morgan fingerprint density at radius 1 is 0.935 bits per heavy atom. The van der Waals surface area contributed by atoms with E-state index in [1.165, 1.54) is 5.56 Å². The largest absolute Gasteiger partial charge is 0.415 e. The van der Waals surface area contributed by atoms with Crippen LogP contribution in [0.15, 0.2) is 89.8 Å². The summed E-state index contributed by atoms with van der Waals surface area (Å²) in [7, 11) is -5.48. The van der Waals surface area contributed by atoms with Gasteiger partial charge >= 0.3 is 6.03 Å². The van der Waals surface area contributed by atoms with Crippen molar-refractivity contribution in [2.45, 2.75) is 69.5 Å². The van der Waals surface area contributed by atoms with Crippen molar-refractivity contribution in [3.8, 4) is 0 Å². The molecule has 3 aromatic rings. The molecule has 8 nitrogen and oxygen atoms in total. The molecule has 46 heavy (non-hydrogen) atoms. The Balaban J connectivity index is 1.19. The number of nitrogens with one attached hydrogen (secondary N) is 2. The van der Waals surface area contributed by atoms with Crippen molar-refractivity contribution in [3.05, 3.63) is 90.5 Å². The molecular formula is C36H52N4O4SSi. The van der Waals surface area contributed by atoms with Gasteiger partial charge < -0.3 is 14.6 Å². The van der Waals surface area contributed by atoms with Gasteiger partial charge in [0.25, 0.3) is 0 Å². The van der Waals surface area contributed by atoms with Gasteiger partial charge in [-0.15, -0.1) is 0 Å². The number of likely N-dealkylation sites (tertiary alicyclic amines) is 1. The molecular weight excluding hydrogens is 613 g/mol. The van der Waals surface area contributed by atoms with E-state index < -0.39 is 18.3 Å². The zero-order valence-corrected chi connectivity index (χ0v) is 30.0. The van der Waals surface area contributed by atoms with Crippen molar-refractivity contribution in [2.24, 2.45) is 5.92 Å². The highest BCUT2D eigenvalue weighted by Gasteiger charge is 2.37. The molecule has 4 rings (SSSR count). The number of benzene rings is 3. The SMILES string of the molecule is CC(C)(C)[Si](C)(C)OCCNS(=O)(=O)c1ccc(CC2CCN(CCCN(C(=O)Nc3ccccc3)c3ccccc3)CC2)cc1. The average molecular weight is 665 g/mol. The van der Waals surface area contributed by atoms with E-state index in [0.717, 1.165) is 56.7 Å². The van der Waals surface area contributed by atoms with Gasteiger partial charge in [0.1, 0.15) is 0 Å². The molecule has 1 heterocycles. The summed E-state index contributed by atoms with van der Waals surface area (Å²) in [5.74, 6) is 0.571. The van der Waals surface area contributed by atoms with Gasteiger partial charge in [0.15, 0.2) is 8.32 Å². The lowest BCUT2D eigenvalue weighted by atomic mass is 9.90. The van der Waals surface area contributed by atoms with Crippen molar-refractivity contribution >= 4 is 35.7 Å². The Labute approximate surface area is 277 Å². The number of hydrogen-bond donors (Lipinski definition) is 2. The van der Waals surface area contributed by atoms with Crippen LogP contribution in [0.1, 0.15) is 45.6 Å². The average Bonchev–Trinajstić information content (AvgIpc) is 3.03. The number of para-hydroxylation sites is 2. The third-order valence-electron chi connectivity index (χ3n) is 9.32. The molecule has 1 saturated heterocycles. The third kappa shape index (κ3) is 10.5. The highest BCUT2D eigenvalue weighted by Crippen LogP contribution is 2.36. The number of sulfonamides is 1. The van der Waals surface area contributed by atoms with Crippen molar-refractivity contribution in [1.82, 2.24) is 9.62 Å². The lowest BCUT2D eigenvalue weighted by Crippen LogP contribution is -2.42. The Hall–Kier alpha value is -3.02. The van der Waals surface area contributed by atoms with Crippen LogP contribution in [-0.2, 0) is 20.9 Å². The summed E-state index contributed by atoms with van der Waals surface area (Å²) in [6.07, 6.45) is 4.04. The van der Waals surface area contributed by atoms with Crippen LogP contribution in [-0.4, -0.2) is 67.0 Å². The minimum Gasteiger partial charge on any atom is -0.415 e. The maximum Gasteiger partial charge on any atom is 0.326 e. The number of urea groups is 1. The Morgan fingerprint density at radius 2 is 1.54 bits per heavy atom. The standard InChI is InChI=1S/C36H52N4O4SSi/c1-36(2,3)46(4,5)44-28-23-37-45(42,43)34-19-17-30(18-20-34)29-31-21-26-39(27-22-31)24-12-25-40(33-15-10-7-11-16-33)35(41)38-32-13-8-6-9-14-32/h6-11,13-20,31,37H,12,21-29H2,1-5H3,(H,38,41). The van der Waals surface area contributed by atoms with E-state index in [-0.39, 0.29) is 17.6 Å². The molecule has 250 valence electrons. The first-order valence-corrected chi connectivity index (χ1v) is 20.9. The van der Waals surface area contributed by atoms with Crippen LogP contribution in [0, 0.1) is 5.92 Å². The minimum absolute atomic E-state index is 0.0884. The second-order valence-corrected chi connectivity index (χ2v) is 20.4. The second kappa shape index (κ2) is 16.2. The molecule has 0 bridgehead atoms. The van der Waals surface area contributed by atoms with Crippen LogP contribution >= 0.6 is 0 Å². The molecule has 2 amide bonds. The summed E-state index contributed by atoms with van der Waals surface area (Å²) in [5.41, 5.74) is 2.84. The van der Waals surface area contributed by atoms with E-state index in [0.29, 0.717) is 24.0 Å². The summed E-state index contributed by atoms with van der Waals surface area (Å²) in [5, 5.41) is 3.11. The van der Waals surface area contributed by atoms with Gasteiger partial charge in [-0.25, -0.2) is 17.9 Å². The molecule has 1 aliphatic heterocycles. The monoisotopic (exact) mass is 664 g/mol. The predicted molar refractivity (Wildman–Crippen MR) is 192 cm³/mol. The first-order chi connectivity index (χ1) is 21.8. The second-order valence-electron chi connectivity index (χ2n) is 13.8. The van der Waals surface area contributed by atoms with E-state index >= 15 is 0 Å². The fraction of sp³-hybridized carbons (Fsp3) is 0.472. The molecule has 2 N–H and O–H groups in total. The highest BCUT2D eigenvalue weighted by molar-refractivity contribution is 7.89. The fourth-order valence-electron chi connectivity index (χ4n) is 5.45. The number of carbonyl (C=O) groups excluding carboxylic acids is 1. The van der Waals surface area contributed by atoms with Crippen LogP contribution in [0.5, 0.6) is 0 Å². The normalized spacial score (nSPS) is 15.1. The van der Waals surface area contributed by atoms with Crippen LogP contribution in [0.25, 0.3) is 0 Å². The first-order valence-electron chi connectivity index (χ1n) is 16.5. The Kier molecular flexibility index (Phi) is 12.6. The number of nitrogens with zero attached hydrogens (tertiary/aromatic N) is 2. The van der Waals surface area contributed by atoms with Crippen molar-refractivity contribution in [3.63, 3.8) is 0 Å². The number of anilines is 2. The smallest absolute Gasteiger partial charge is 0.326 e. The molecule has 3 aromatic carbocycles. The van der Waals surface area contributed by atoms with Gasteiger partial charge in [0.05, 0.1) is 4.90 Å². The van der Waals surface area contributed by atoms with Crippen molar-refractivity contribution in [1.29, 1.82) is 0 Å². The number of rotatable bonds is 14. The minimum atomic E-state index is -3.57. The van der Waals surface area contributed by atoms with Crippen LogP contribution in [0.4, 0.5) is 16.2 Å². The summed E-state index contributed by atoms with van der Waals surface area (Å²) in [6.45, 7) is 15.1. The van der Waals surface area contributed by atoms with Crippen LogP contribution in [0.2, 0.25) is 18.1 Å². The first kappa shape index (κ1) is 35.8. The van der Waals surface area contributed by atoms with E-state index in [9.17, 15) is 13.2 Å². The highest BCUT2D eigenvalue weighted by atomic mass is 32.2. The summed E-state index contributed by atoms with van der Waals surface area (Å²) >= 11 is 0. The summed E-state index contributed by atoms with van der Waals surface area (Å²) in [4.78, 5) is 17.8. The molecule has 0 radical (unpaired) electrons. The van der Waals surface area contributed by atoms with Crippen molar-refractivity contribution < 1.29 is 17.6 Å². The van der Waals surface area contributed by atoms with Gasteiger partial charge in [-0.1, -0.05) is 69.3 Å². The van der Waals surface area contributed by atoms with Gasteiger partial charge in [-0.3, -0.25) is 4.90 Å². The predicted octanol–water partition coefficient (Wildman–Crippen LogP) is 7.37. The molecule has 0 unspecified atom stereocenters. The maximum atomic E-state index is 13.2. The molecule has 0 saturated carbocycles. The third-order valence-corrected chi connectivity index (χ3v) is 15.3. The van der Waals surface area contributed by atoms with E-state index in [1.807, 2.05) is 77.7 Å². The van der Waals surface area contributed by atoms with Gasteiger partial charge in [0, 0.05) is 31.1 Å². The van der Waals surface area contributed by atoms with Crippen LogP contribution < -0.4 is 14.9 Å². The van der Waals surface area contributed by atoms with Crippen LogP contribution in [0.3, 0.4) is 0 Å². The number of piperidine rings is 1. The van der Waals surface area contributed by atoms with Gasteiger partial charge in [-0.05, 0) is 111 Å². The fourth-order valence-corrected chi connectivity index (χ4v) is 7.51. The van der Waals surface area contributed by atoms with E-state index in [2.05, 4.69) is 48.8 Å². The maximum absolute atomic E-state index is 13.2. The molecule has 0 aliphatic carbocycles. The molecule has 0 atom stereocenters. The molecule has 1 fully saturated rings. The van der Waals surface area contributed by atoms with Gasteiger partial charge in [-0.2, -0.15) is 0 Å². The number of amides is 2. The zero-order valence-electron chi connectivity index (χ0n) is 28.2. The van der Waals surface area contributed by atoms with Gasteiger partial charge in [0.2, 0.25) is 10.0 Å². The molecule has 1 aliphatic rings. The van der Waals surface area contributed by atoms with E-state index in [1.54, 1.807) is 12.1 Å². The summed E-state index contributed by atoms with van der Waals surface area (Å²) in [6, 6.07) is 26.6. The molecule has 0 spiro atoms.